The predicted molar refractivity (Wildman–Crippen MR) is 77.2 cm³/mol. The first-order valence-electron chi connectivity index (χ1n) is 7.29. The van der Waals surface area contributed by atoms with Crippen LogP contribution in [0.1, 0.15) is 27.7 Å². The van der Waals surface area contributed by atoms with E-state index in [4.69, 9.17) is 4.74 Å². The van der Waals surface area contributed by atoms with Gasteiger partial charge in [-0.15, -0.1) is 0 Å². The van der Waals surface area contributed by atoms with Gasteiger partial charge < -0.3 is 15.0 Å². The monoisotopic (exact) mass is 271 g/mol. The van der Waals surface area contributed by atoms with Crippen LogP contribution in [0.5, 0.6) is 0 Å². The number of carbonyl (C=O) groups excluding carboxylic acids is 1. The largest absolute Gasteiger partial charge is 0.374 e. The topological polar surface area (TPSA) is 44.8 Å². The van der Waals surface area contributed by atoms with Crippen molar-refractivity contribution in [3.63, 3.8) is 0 Å². The average molecular weight is 271 g/mol. The van der Waals surface area contributed by atoms with Crippen LogP contribution in [0, 0.1) is 0 Å². The van der Waals surface area contributed by atoms with Crippen LogP contribution < -0.4 is 5.32 Å². The number of hydrogen-bond acceptors (Lipinski definition) is 4. The van der Waals surface area contributed by atoms with Crippen LogP contribution in [-0.2, 0) is 9.53 Å². The molecule has 1 aliphatic rings. The Morgan fingerprint density at radius 2 is 2.16 bits per heavy atom. The van der Waals surface area contributed by atoms with Crippen molar-refractivity contribution < 1.29 is 9.53 Å². The van der Waals surface area contributed by atoms with Crippen LogP contribution in [0.2, 0.25) is 0 Å². The Balaban J connectivity index is 2.33. The highest BCUT2D eigenvalue weighted by molar-refractivity contribution is 5.81. The van der Waals surface area contributed by atoms with Gasteiger partial charge in [0.05, 0.1) is 18.8 Å². The maximum Gasteiger partial charge on any atom is 0.239 e. The molecular formula is C14H29N3O2. The van der Waals surface area contributed by atoms with Crippen molar-refractivity contribution in [1.29, 1.82) is 0 Å². The molecule has 0 aromatic rings. The zero-order valence-electron chi connectivity index (χ0n) is 13.0. The highest BCUT2D eigenvalue weighted by Gasteiger charge is 2.23. The molecule has 0 aromatic heterocycles. The van der Waals surface area contributed by atoms with E-state index >= 15 is 0 Å². The summed E-state index contributed by atoms with van der Waals surface area (Å²) >= 11 is 0. The molecule has 112 valence electrons. The maximum atomic E-state index is 11.9. The lowest BCUT2D eigenvalue weighted by Crippen LogP contribution is -2.52. The van der Waals surface area contributed by atoms with Crippen LogP contribution in [0.4, 0.5) is 0 Å². The molecule has 1 saturated heterocycles. The molecule has 0 radical (unpaired) electrons. The Hall–Kier alpha value is -0.650. The molecule has 1 fully saturated rings. The van der Waals surface area contributed by atoms with Crippen molar-refractivity contribution in [2.75, 3.05) is 39.8 Å². The summed E-state index contributed by atoms with van der Waals surface area (Å²) in [7, 11) is 1.83. The average Bonchev–Trinajstić information content (AvgIpc) is 2.43. The van der Waals surface area contributed by atoms with Crippen molar-refractivity contribution in [3.8, 4) is 0 Å². The highest BCUT2D eigenvalue weighted by Crippen LogP contribution is 2.08. The quantitative estimate of drug-likeness (QED) is 0.766. The van der Waals surface area contributed by atoms with Crippen LogP contribution >= 0.6 is 0 Å². The molecule has 2 unspecified atom stereocenters. The Labute approximate surface area is 117 Å². The van der Waals surface area contributed by atoms with Crippen LogP contribution in [0.3, 0.4) is 0 Å². The fraction of sp³-hybridized carbons (Fsp3) is 0.929. The van der Waals surface area contributed by atoms with Crippen LogP contribution in [0.15, 0.2) is 0 Å². The lowest BCUT2D eigenvalue weighted by atomic mass is 10.2. The SMILES string of the molecule is CCN(C)C(=O)C(C)NCC1CN(C(C)C)CCO1. The number of morpholine rings is 1. The number of likely N-dealkylation sites (N-methyl/N-ethyl adjacent to an activating group) is 1. The van der Waals surface area contributed by atoms with E-state index in [1.807, 2.05) is 20.9 Å². The Kier molecular flexibility index (Phi) is 6.75. The Morgan fingerprint density at radius 1 is 1.47 bits per heavy atom. The molecule has 19 heavy (non-hydrogen) atoms. The number of nitrogens with zero attached hydrogens (tertiary/aromatic N) is 2. The minimum Gasteiger partial charge on any atom is -0.374 e. The van der Waals surface area contributed by atoms with Crippen LogP contribution in [-0.4, -0.2) is 73.7 Å². The smallest absolute Gasteiger partial charge is 0.239 e. The third-order valence-electron chi connectivity index (χ3n) is 3.77. The number of ether oxygens (including phenoxy) is 1. The van der Waals surface area contributed by atoms with Gasteiger partial charge in [-0.25, -0.2) is 0 Å². The fourth-order valence-corrected chi connectivity index (χ4v) is 2.22. The standard InChI is InChI=1S/C14H29N3O2/c1-6-16(5)14(18)12(4)15-9-13-10-17(11(2)3)7-8-19-13/h11-13,15H,6-10H2,1-5H3. The summed E-state index contributed by atoms with van der Waals surface area (Å²) < 4.78 is 5.75. The lowest BCUT2D eigenvalue weighted by Gasteiger charge is -2.36. The molecule has 1 rings (SSSR count). The third kappa shape index (κ3) is 5.09. The number of rotatable bonds is 6. The van der Waals surface area contributed by atoms with Gasteiger partial charge in [-0.05, 0) is 27.7 Å². The summed E-state index contributed by atoms with van der Waals surface area (Å²) in [5.74, 6) is 0.138. The molecule has 0 aromatic carbocycles. The van der Waals surface area contributed by atoms with E-state index in [9.17, 15) is 4.79 Å². The molecule has 0 aliphatic carbocycles. The van der Waals surface area contributed by atoms with Crippen molar-refractivity contribution in [2.24, 2.45) is 0 Å². The first-order chi connectivity index (χ1) is 8.95. The summed E-state index contributed by atoms with van der Waals surface area (Å²) in [6.07, 6.45) is 0.179. The fourth-order valence-electron chi connectivity index (χ4n) is 2.22. The molecular weight excluding hydrogens is 242 g/mol. The number of carbonyl (C=O) groups is 1. The molecule has 0 saturated carbocycles. The summed E-state index contributed by atoms with van der Waals surface area (Å²) in [5, 5.41) is 3.28. The van der Waals surface area contributed by atoms with Gasteiger partial charge in [0.2, 0.25) is 5.91 Å². The zero-order chi connectivity index (χ0) is 14.4. The van der Waals surface area contributed by atoms with E-state index < -0.39 is 0 Å². The van der Waals surface area contributed by atoms with Gasteiger partial charge in [0, 0.05) is 39.3 Å². The lowest BCUT2D eigenvalue weighted by molar-refractivity contribution is -0.131. The Bertz CT molecular complexity index is 284. The van der Waals surface area contributed by atoms with Crippen molar-refractivity contribution in [2.45, 2.75) is 45.9 Å². The zero-order valence-corrected chi connectivity index (χ0v) is 13.0. The summed E-state index contributed by atoms with van der Waals surface area (Å²) in [6.45, 7) is 12.5. The second-order valence-electron chi connectivity index (χ2n) is 5.56. The van der Waals surface area contributed by atoms with Crippen molar-refractivity contribution in [1.82, 2.24) is 15.1 Å². The summed E-state index contributed by atoms with van der Waals surface area (Å²) in [6, 6.07) is 0.402. The molecule has 1 amide bonds. The molecule has 0 bridgehead atoms. The van der Waals surface area contributed by atoms with Crippen molar-refractivity contribution >= 4 is 5.91 Å². The van der Waals surface area contributed by atoms with Gasteiger partial charge in [0.25, 0.3) is 0 Å². The normalized spacial score (nSPS) is 22.5. The number of nitrogens with one attached hydrogen (secondary N) is 1. The molecule has 1 aliphatic heterocycles. The molecule has 5 heteroatoms. The predicted octanol–water partition coefficient (Wildman–Crippen LogP) is 0.552. The van der Waals surface area contributed by atoms with E-state index in [2.05, 4.69) is 24.1 Å². The van der Waals surface area contributed by atoms with Gasteiger partial charge in [-0.2, -0.15) is 0 Å². The van der Waals surface area contributed by atoms with E-state index in [1.54, 1.807) is 4.90 Å². The second kappa shape index (κ2) is 7.82. The minimum absolute atomic E-state index is 0.138. The van der Waals surface area contributed by atoms with E-state index in [0.29, 0.717) is 6.04 Å². The van der Waals surface area contributed by atoms with E-state index in [-0.39, 0.29) is 18.1 Å². The maximum absolute atomic E-state index is 11.9. The van der Waals surface area contributed by atoms with E-state index in [1.165, 1.54) is 0 Å². The molecule has 1 N–H and O–H groups in total. The molecule has 2 atom stereocenters. The van der Waals surface area contributed by atoms with Gasteiger partial charge in [-0.1, -0.05) is 0 Å². The van der Waals surface area contributed by atoms with Crippen LogP contribution in [0.25, 0.3) is 0 Å². The van der Waals surface area contributed by atoms with E-state index in [0.717, 1.165) is 32.8 Å². The number of amides is 1. The summed E-state index contributed by atoms with van der Waals surface area (Å²) in [4.78, 5) is 16.1. The van der Waals surface area contributed by atoms with Gasteiger partial charge in [0.15, 0.2) is 0 Å². The van der Waals surface area contributed by atoms with Crippen molar-refractivity contribution in [3.05, 3.63) is 0 Å². The summed E-state index contributed by atoms with van der Waals surface area (Å²) in [5.41, 5.74) is 0. The van der Waals surface area contributed by atoms with Gasteiger partial charge in [0.1, 0.15) is 0 Å². The molecule has 1 heterocycles. The third-order valence-corrected chi connectivity index (χ3v) is 3.77. The van der Waals surface area contributed by atoms with Gasteiger partial charge >= 0.3 is 0 Å². The van der Waals surface area contributed by atoms with Gasteiger partial charge in [-0.3, -0.25) is 9.69 Å². The first kappa shape index (κ1) is 16.4. The first-order valence-corrected chi connectivity index (χ1v) is 7.29. The Morgan fingerprint density at radius 3 is 2.74 bits per heavy atom. The molecule has 0 spiro atoms. The second-order valence-corrected chi connectivity index (χ2v) is 5.56. The number of hydrogen-bond donors (Lipinski definition) is 1. The molecule has 5 nitrogen and oxygen atoms in total. The minimum atomic E-state index is -0.150. The highest BCUT2D eigenvalue weighted by atomic mass is 16.5.